The summed E-state index contributed by atoms with van der Waals surface area (Å²) in [5, 5.41) is 4.04. The smallest absolute Gasteiger partial charge is 0.237 e. The maximum atomic E-state index is 13.0. The molecular formula is C23H27ClN2O3. The first-order valence-electron chi connectivity index (χ1n) is 10.3. The summed E-state index contributed by atoms with van der Waals surface area (Å²) >= 11 is 6.28. The second kappa shape index (κ2) is 9.06. The zero-order valence-corrected chi connectivity index (χ0v) is 17.5. The van der Waals surface area contributed by atoms with E-state index in [0.717, 1.165) is 48.4 Å². The lowest BCUT2D eigenvalue weighted by Crippen LogP contribution is -2.38. The number of hydrogen-bond donors (Lipinski definition) is 1. The Balaban J connectivity index is 1.42. The lowest BCUT2D eigenvalue weighted by Gasteiger charge is -2.27. The summed E-state index contributed by atoms with van der Waals surface area (Å²) in [6.07, 6.45) is 2.85. The van der Waals surface area contributed by atoms with E-state index in [1.165, 1.54) is 0 Å². The molecule has 1 fully saturated rings. The number of fused-ring (bicyclic) bond motifs is 1. The normalized spacial score (nSPS) is 19.7. The van der Waals surface area contributed by atoms with E-state index < -0.39 is 0 Å². The van der Waals surface area contributed by atoms with Crippen LogP contribution in [-0.2, 0) is 4.79 Å². The number of likely N-dealkylation sites (tertiary alicyclic amines) is 1. The summed E-state index contributed by atoms with van der Waals surface area (Å²) < 4.78 is 11.6. The van der Waals surface area contributed by atoms with Crippen molar-refractivity contribution in [3.63, 3.8) is 0 Å². The number of nitrogens with zero attached hydrogens (tertiary/aromatic N) is 1. The van der Waals surface area contributed by atoms with Gasteiger partial charge in [0.1, 0.15) is 0 Å². The van der Waals surface area contributed by atoms with Crippen LogP contribution in [0.2, 0.25) is 5.02 Å². The van der Waals surface area contributed by atoms with Gasteiger partial charge in [0.2, 0.25) is 5.91 Å². The van der Waals surface area contributed by atoms with Crippen LogP contribution in [0.5, 0.6) is 11.5 Å². The van der Waals surface area contributed by atoms with E-state index in [2.05, 4.69) is 11.4 Å². The van der Waals surface area contributed by atoms with E-state index in [9.17, 15) is 4.79 Å². The average molecular weight is 415 g/mol. The molecule has 4 rings (SSSR count). The predicted octanol–water partition coefficient (Wildman–Crippen LogP) is 4.52. The molecule has 2 aromatic carbocycles. The van der Waals surface area contributed by atoms with Gasteiger partial charge in [-0.15, -0.1) is 0 Å². The Morgan fingerprint density at radius 1 is 1.17 bits per heavy atom. The number of rotatable bonds is 5. The molecule has 1 amide bonds. The minimum atomic E-state index is 0.00625. The van der Waals surface area contributed by atoms with E-state index in [0.29, 0.717) is 18.2 Å². The zero-order chi connectivity index (χ0) is 20.2. The molecule has 0 aromatic heterocycles. The molecule has 0 saturated carbocycles. The van der Waals surface area contributed by atoms with Crippen LogP contribution in [0.15, 0.2) is 42.5 Å². The second-order valence-electron chi connectivity index (χ2n) is 7.63. The molecule has 2 aromatic rings. The number of nitrogens with one attached hydrogen (secondary N) is 1. The van der Waals surface area contributed by atoms with Gasteiger partial charge in [0.05, 0.1) is 25.8 Å². The van der Waals surface area contributed by atoms with Crippen LogP contribution in [0.1, 0.15) is 49.4 Å². The highest BCUT2D eigenvalue weighted by molar-refractivity contribution is 6.31. The van der Waals surface area contributed by atoms with Gasteiger partial charge in [-0.25, -0.2) is 0 Å². The summed E-state index contributed by atoms with van der Waals surface area (Å²) in [6.45, 7) is 4.43. The number of ether oxygens (including phenoxy) is 2. The number of carbonyl (C=O) groups is 1. The Labute approximate surface area is 176 Å². The number of carbonyl (C=O) groups excluding carboxylic acids is 1. The monoisotopic (exact) mass is 414 g/mol. The van der Waals surface area contributed by atoms with Gasteiger partial charge in [-0.2, -0.15) is 0 Å². The van der Waals surface area contributed by atoms with Gasteiger partial charge in [0, 0.05) is 24.0 Å². The highest BCUT2D eigenvalue weighted by Gasteiger charge is 2.30. The molecule has 29 heavy (non-hydrogen) atoms. The van der Waals surface area contributed by atoms with E-state index in [-0.39, 0.29) is 24.5 Å². The third-order valence-electron chi connectivity index (χ3n) is 5.66. The van der Waals surface area contributed by atoms with E-state index in [4.69, 9.17) is 21.1 Å². The fourth-order valence-electron chi connectivity index (χ4n) is 4.08. The second-order valence-corrected chi connectivity index (χ2v) is 8.03. The number of halogens is 1. The molecule has 2 atom stereocenters. The van der Waals surface area contributed by atoms with Gasteiger partial charge in [-0.05, 0) is 49.1 Å². The largest absolute Gasteiger partial charge is 0.490 e. The van der Waals surface area contributed by atoms with Crippen LogP contribution < -0.4 is 14.8 Å². The summed E-state index contributed by atoms with van der Waals surface area (Å²) in [5.41, 5.74) is 2.11. The topological polar surface area (TPSA) is 50.8 Å². The molecule has 6 heteroatoms. The van der Waals surface area contributed by atoms with E-state index in [1.54, 1.807) is 0 Å². The van der Waals surface area contributed by atoms with Crippen molar-refractivity contribution in [3.8, 4) is 11.5 Å². The van der Waals surface area contributed by atoms with Gasteiger partial charge in [0.25, 0.3) is 0 Å². The molecule has 1 saturated heterocycles. The Kier molecular flexibility index (Phi) is 6.26. The summed E-state index contributed by atoms with van der Waals surface area (Å²) in [6, 6.07) is 13.9. The van der Waals surface area contributed by atoms with Crippen molar-refractivity contribution in [2.45, 2.75) is 38.3 Å². The molecule has 2 aliphatic rings. The van der Waals surface area contributed by atoms with Crippen LogP contribution in [0.3, 0.4) is 0 Å². The highest BCUT2D eigenvalue weighted by Crippen LogP contribution is 2.38. The van der Waals surface area contributed by atoms with Crippen LogP contribution in [-0.4, -0.2) is 37.1 Å². The Morgan fingerprint density at radius 3 is 2.79 bits per heavy atom. The fourth-order valence-corrected chi connectivity index (χ4v) is 4.38. The number of amides is 1. The quantitative estimate of drug-likeness (QED) is 0.781. The highest BCUT2D eigenvalue weighted by atomic mass is 35.5. The molecule has 5 nitrogen and oxygen atoms in total. The van der Waals surface area contributed by atoms with Gasteiger partial charge >= 0.3 is 0 Å². The van der Waals surface area contributed by atoms with E-state index >= 15 is 0 Å². The average Bonchev–Trinajstić information content (AvgIpc) is 3.11. The third kappa shape index (κ3) is 4.51. The Hall–Kier alpha value is -2.24. The minimum Gasteiger partial charge on any atom is -0.490 e. The minimum absolute atomic E-state index is 0.00625. The number of benzene rings is 2. The molecule has 2 heterocycles. The first kappa shape index (κ1) is 20.0. The van der Waals surface area contributed by atoms with Crippen molar-refractivity contribution in [3.05, 3.63) is 58.6 Å². The first-order valence-corrected chi connectivity index (χ1v) is 10.7. The Bertz CT molecular complexity index is 873. The molecule has 2 aliphatic heterocycles. The van der Waals surface area contributed by atoms with Gasteiger partial charge < -0.3 is 19.7 Å². The molecule has 0 radical (unpaired) electrons. The van der Waals surface area contributed by atoms with Crippen molar-refractivity contribution < 1.29 is 14.3 Å². The predicted molar refractivity (Wildman–Crippen MR) is 114 cm³/mol. The molecule has 0 spiro atoms. The third-order valence-corrected chi connectivity index (χ3v) is 6.00. The SMILES string of the molecule is C[C@@H](NCC(=O)N1CCC[C@H]1c1ccc2c(c1)OCCCO2)c1ccccc1Cl. The lowest BCUT2D eigenvalue weighted by atomic mass is 10.0. The standard InChI is InChI=1S/C23H27ClN2O3/c1-16(18-6-2-3-7-19(18)24)25-15-23(27)26-11-4-8-20(26)17-9-10-21-22(14-17)29-13-5-12-28-21/h2-3,6-7,9-10,14,16,20,25H,4-5,8,11-13,15H2,1H3/t16-,20+/m1/s1. The lowest BCUT2D eigenvalue weighted by molar-refractivity contribution is -0.131. The Morgan fingerprint density at radius 2 is 1.97 bits per heavy atom. The summed E-state index contributed by atoms with van der Waals surface area (Å²) in [5.74, 6) is 1.68. The van der Waals surface area contributed by atoms with Gasteiger partial charge in [0.15, 0.2) is 11.5 Å². The van der Waals surface area contributed by atoms with Crippen molar-refractivity contribution in [1.29, 1.82) is 0 Å². The van der Waals surface area contributed by atoms with E-state index in [1.807, 2.05) is 48.2 Å². The number of hydrogen-bond acceptors (Lipinski definition) is 4. The van der Waals surface area contributed by atoms with Crippen LogP contribution in [0.4, 0.5) is 0 Å². The van der Waals surface area contributed by atoms with Crippen LogP contribution in [0.25, 0.3) is 0 Å². The maximum Gasteiger partial charge on any atom is 0.237 e. The first-order chi connectivity index (χ1) is 14.1. The molecule has 1 N–H and O–H groups in total. The maximum absolute atomic E-state index is 13.0. The van der Waals surface area contributed by atoms with Crippen LogP contribution >= 0.6 is 11.6 Å². The van der Waals surface area contributed by atoms with Gasteiger partial charge in [-0.1, -0.05) is 35.9 Å². The molecule has 0 unspecified atom stereocenters. The summed E-state index contributed by atoms with van der Waals surface area (Å²) in [4.78, 5) is 14.9. The molecular weight excluding hydrogens is 388 g/mol. The molecule has 0 bridgehead atoms. The van der Waals surface area contributed by atoms with Crippen LogP contribution in [0, 0.1) is 0 Å². The van der Waals surface area contributed by atoms with Crippen molar-refractivity contribution in [2.75, 3.05) is 26.3 Å². The van der Waals surface area contributed by atoms with Gasteiger partial charge in [-0.3, -0.25) is 4.79 Å². The van der Waals surface area contributed by atoms with Crippen molar-refractivity contribution in [1.82, 2.24) is 10.2 Å². The van der Waals surface area contributed by atoms with Crippen molar-refractivity contribution >= 4 is 17.5 Å². The summed E-state index contributed by atoms with van der Waals surface area (Å²) in [7, 11) is 0. The zero-order valence-electron chi connectivity index (χ0n) is 16.7. The molecule has 0 aliphatic carbocycles. The van der Waals surface area contributed by atoms with Crippen molar-refractivity contribution in [2.24, 2.45) is 0 Å². The fraction of sp³-hybridized carbons (Fsp3) is 0.435. The molecule has 154 valence electrons.